The third-order valence-corrected chi connectivity index (χ3v) is 5.74. The smallest absolute Gasteiger partial charge is 0.337 e. The largest absolute Gasteiger partial charge is 0.472 e. The highest BCUT2D eigenvalue weighted by atomic mass is 16.8. The molecule has 10 atom stereocenters. The minimum atomic E-state index is -1.63. The third-order valence-electron chi connectivity index (χ3n) is 5.74. The molecule has 1 aliphatic carbocycles. The first kappa shape index (κ1) is 21.4. The molecule has 0 radical (unpaired) electrons. The van der Waals surface area contributed by atoms with Crippen LogP contribution in [0, 0.1) is 17.8 Å². The molecule has 2 aliphatic heterocycles. The predicted molar refractivity (Wildman–Crippen MR) is 88.0 cm³/mol. The number of ether oxygens (including phenoxy) is 4. The van der Waals surface area contributed by atoms with E-state index in [1.165, 1.54) is 7.11 Å². The Morgan fingerprint density at radius 3 is 2.43 bits per heavy atom. The fourth-order valence-electron chi connectivity index (χ4n) is 4.19. The first-order valence-electron chi connectivity index (χ1n) is 9.02. The summed E-state index contributed by atoms with van der Waals surface area (Å²) in [7, 11) is 1.21. The lowest BCUT2D eigenvalue weighted by molar-refractivity contribution is -0.343. The fraction of sp³-hybridized carbons (Fsp3) is 0.824. The van der Waals surface area contributed by atoms with Crippen molar-refractivity contribution in [1.29, 1.82) is 0 Å². The number of hydrogen-bond acceptors (Lipinski definition) is 11. The Bertz CT molecular complexity index is 594. The van der Waals surface area contributed by atoms with Crippen LogP contribution in [0.4, 0.5) is 0 Å². The van der Waals surface area contributed by atoms with Crippen molar-refractivity contribution in [3.63, 3.8) is 0 Å². The molecule has 11 nitrogen and oxygen atoms in total. The Kier molecular flexibility index (Phi) is 6.57. The van der Waals surface area contributed by atoms with E-state index >= 15 is 0 Å². The summed E-state index contributed by atoms with van der Waals surface area (Å²) in [4.78, 5) is 12.0. The topological polar surface area (TPSA) is 175 Å². The van der Waals surface area contributed by atoms with Gasteiger partial charge in [0.25, 0.3) is 0 Å². The lowest BCUT2D eigenvalue weighted by atomic mass is 9.83. The van der Waals surface area contributed by atoms with Crippen LogP contribution in [-0.2, 0) is 23.7 Å². The predicted octanol–water partition coefficient (Wildman–Crippen LogP) is -3.18. The SMILES string of the molecule is COC(=O)C1=CO[C@@H](O[C@@H]2O[C@H](CO)[C@@H](O)[C@H](O)[C@H]2O)[C@@H]2[C@@H](CO)[C@@H](O)C[C@H]12. The molecule has 0 aromatic heterocycles. The van der Waals surface area contributed by atoms with Gasteiger partial charge in [-0.1, -0.05) is 0 Å². The molecular weight excluding hydrogens is 380 g/mol. The van der Waals surface area contributed by atoms with Crippen molar-refractivity contribution in [1.82, 2.24) is 0 Å². The van der Waals surface area contributed by atoms with Gasteiger partial charge in [0.05, 0.1) is 31.7 Å². The molecule has 0 aromatic rings. The maximum Gasteiger partial charge on any atom is 0.337 e. The zero-order valence-corrected chi connectivity index (χ0v) is 15.2. The molecule has 1 saturated carbocycles. The summed E-state index contributed by atoms with van der Waals surface area (Å²) in [5.74, 6) is -2.49. The molecule has 6 N–H and O–H groups in total. The number of aliphatic hydroxyl groups is 6. The van der Waals surface area contributed by atoms with Gasteiger partial charge in [0.1, 0.15) is 24.4 Å². The van der Waals surface area contributed by atoms with Gasteiger partial charge in [0.15, 0.2) is 6.29 Å². The molecule has 0 aromatic carbocycles. The Morgan fingerprint density at radius 2 is 1.82 bits per heavy atom. The van der Waals surface area contributed by atoms with Gasteiger partial charge in [0, 0.05) is 24.4 Å². The maximum absolute atomic E-state index is 12.0. The fourth-order valence-corrected chi connectivity index (χ4v) is 4.19. The number of rotatable bonds is 5. The monoisotopic (exact) mass is 406 g/mol. The quantitative estimate of drug-likeness (QED) is 0.254. The molecule has 0 unspecified atom stereocenters. The van der Waals surface area contributed by atoms with Crippen molar-refractivity contribution in [2.24, 2.45) is 17.8 Å². The summed E-state index contributed by atoms with van der Waals surface area (Å²) in [5, 5.41) is 59.2. The minimum Gasteiger partial charge on any atom is -0.472 e. The second-order valence-corrected chi connectivity index (χ2v) is 7.24. The molecule has 2 heterocycles. The summed E-state index contributed by atoms with van der Waals surface area (Å²) in [6.07, 6.45) is -8.14. The van der Waals surface area contributed by atoms with Crippen molar-refractivity contribution in [3.05, 3.63) is 11.8 Å². The van der Waals surface area contributed by atoms with Gasteiger partial charge < -0.3 is 49.6 Å². The van der Waals surface area contributed by atoms with E-state index < -0.39 is 80.0 Å². The lowest BCUT2D eigenvalue weighted by Crippen LogP contribution is -2.60. The van der Waals surface area contributed by atoms with Crippen LogP contribution in [0.3, 0.4) is 0 Å². The number of carbonyl (C=O) groups excluding carboxylic acids is 1. The van der Waals surface area contributed by atoms with E-state index in [2.05, 4.69) is 0 Å². The molecular formula is C17H26O11. The maximum atomic E-state index is 12.0. The Balaban J connectivity index is 1.83. The normalized spacial score (nSPS) is 45.8. The molecule has 3 aliphatic rings. The van der Waals surface area contributed by atoms with Crippen LogP contribution in [0.5, 0.6) is 0 Å². The van der Waals surface area contributed by atoms with Crippen LogP contribution >= 0.6 is 0 Å². The van der Waals surface area contributed by atoms with E-state index in [-0.39, 0.29) is 12.0 Å². The summed E-state index contributed by atoms with van der Waals surface area (Å²) < 4.78 is 21.2. The zero-order valence-electron chi connectivity index (χ0n) is 15.2. The Labute approximate surface area is 160 Å². The highest BCUT2D eigenvalue weighted by molar-refractivity contribution is 5.89. The molecule has 11 heteroatoms. The average molecular weight is 406 g/mol. The van der Waals surface area contributed by atoms with Gasteiger partial charge in [-0.2, -0.15) is 0 Å². The standard InChI is InChI=1S/C17H26O11/c1-25-15(24)8-5-26-16(11-6(8)2-9(20)7(11)3-18)28-17-14(23)13(22)12(21)10(4-19)27-17/h5-7,9-14,16-23H,2-4H2,1H3/t6-,7+,9+,10-,11+,12-,13+,14-,16+,17+/m1/s1. The van der Waals surface area contributed by atoms with Crippen LogP contribution in [0.1, 0.15) is 6.42 Å². The van der Waals surface area contributed by atoms with Crippen LogP contribution in [0.2, 0.25) is 0 Å². The van der Waals surface area contributed by atoms with E-state index in [0.29, 0.717) is 0 Å². The second-order valence-electron chi connectivity index (χ2n) is 7.24. The number of fused-ring (bicyclic) bond motifs is 1. The van der Waals surface area contributed by atoms with Gasteiger partial charge >= 0.3 is 5.97 Å². The highest BCUT2D eigenvalue weighted by Gasteiger charge is 2.54. The molecule has 3 rings (SSSR count). The molecule has 28 heavy (non-hydrogen) atoms. The van der Waals surface area contributed by atoms with Crippen LogP contribution in [0.25, 0.3) is 0 Å². The van der Waals surface area contributed by atoms with E-state index in [0.717, 1.165) is 6.26 Å². The average Bonchev–Trinajstić information content (AvgIpc) is 3.04. The summed E-state index contributed by atoms with van der Waals surface area (Å²) in [6.45, 7) is -1.01. The molecule has 0 bridgehead atoms. The van der Waals surface area contributed by atoms with Gasteiger partial charge in [-0.05, 0) is 6.42 Å². The molecule has 160 valence electrons. The van der Waals surface area contributed by atoms with Gasteiger partial charge in [-0.15, -0.1) is 0 Å². The van der Waals surface area contributed by atoms with Crippen molar-refractivity contribution in [2.45, 2.75) is 49.5 Å². The van der Waals surface area contributed by atoms with Crippen molar-refractivity contribution >= 4 is 5.97 Å². The molecule has 0 spiro atoms. The number of aliphatic hydroxyl groups excluding tert-OH is 6. The Hall–Kier alpha value is -1.31. The van der Waals surface area contributed by atoms with Gasteiger partial charge in [0.2, 0.25) is 6.29 Å². The zero-order chi connectivity index (χ0) is 20.6. The number of carbonyl (C=O) groups is 1. The lowest BCUT2D eigenvalue weighted by Gasteiger charge is -2.43. The van der Waals surface area contributed by atoms with E-state index in [9.17, 15) is 35.4 Å². The molecule has 2 fully saturated rings. The molecule has 1 saturated heterocycles. The van der Waals surface area contributed by atoms with Crippen molar-refractivity contribution in [2.75, 3.05) is 20.3 Å². The summed E-state index contributed by atoms with van der Waals surface area (Å²) in [6, 6.07) is 0. The van der Waals surface area contributed by atoms with Crippen LogP contribution in [-0.4, -0.2) is 100 Å². The van der Waals surface area contributed by atoms with Crippen molar-refractivity contribution in [3.8, 4) is 0 Å². The van der Waals surface area contributed by atoms with Gasteiger partial charge in [-0.25, -0.2) is 4.79 Å². The van der Waals surface area contributed by atoms with E-state index in [4.69, 9.17) is 18.9 Å². The minimum absolute atomic E-state index is 0.175. The van der Waals surface area contributed by atoms with Gasteiger partial charge in [-0.3, -0.25) is 0 Å². The van der Waals surface area contributed by atoms with Crippen LogP contribution in [0.15, 0.2) is 11.8 Å². The molecule has 0 amide bonds. The number of methoxy groups -OCH3 is 1. The summed E-state index contributed by atoms with van der Waals surface area (Å²) in [5.41, 5.74) is 0.191. The highest BCUT2D eigenvalue weighted by Crippen LogP contribution is 2.47. The third kappa shape index (κ3) is 3.64. The Morgan fingerprint density at radius 1 is 1.11 bits per heavy atom. The first-order chi connectivity index (χ1) is 13.3. The summed E-state index contributed by atoms with van der Waals surface area (Å²) >= 11 is 0. The van der Waals surface area contributed by atoms with Crippen LogP contribution < -0.4 is 0 Å². The van der Waals surface area contributed by atoms with E-state index in [1.807, 2.05) is 0 Å². The number of esters is 1. The van der Waals surface area contributed by atoms with Crippen molar-refractivity contribution < 1.29 is 54.4 Å². The first-order valence-corrected chi connectivity index (χ1v) is 9.02. The number of hydrogen-bond donors (Lipinski definition) is 6. The van der Waals surface area contributed by atoms with E-state index in [1.54, 1.807) is 0 Å². The second kappa shape index (κ2) is 8.59.